The molecule has 1 atom stereocenters. The van der Waals surface area contributed by atoms with Gasteiger partial charge in [0.25, 0.3) is 0 Å². The highest BCUT2D eigenvalue weighted by atomic mass is 16.3. The Morgan fingerprint density at radius 2 is 1.93 bits per heavy atom. The maximum Gasteiger partial charge on any atom is 0.0747 e. The van der Waals surface area contributed by atoms with Crippen LogP contribution in [-0.4, -0.2) is 11.2 Å². The second kappa shape index (κ2) is 6.84. The normalized spacial score (nSPS) is 16.0. The van der Waals surface area contributed by atoms with Crippen LogP contribution in [0.4, 0.5) is 0 Å². The third kappa shape index (κ3) is 8.44. The van der Waals surface area contributed by atoms with Gasteiger partial charge < -0.3 is 5.11 Å². The molecular formula is C14H26O. The van der Waals surface area contributed by atoms with E-state index in [4.69, 9.17) is 0 Å². The molecule has 15 heavy (non-hydrogen) atoms. The van der Waals surface area contributed by atoms with Gasteiger partial charge in [-0.05, 0) is 44.1 Å². The minimum atomic E-state index is -0.269. The molecular weight excluding hydrogens is 184 g/mol. The van der Waals surface area contributed by atoms with Crippen molar-refractivity contribution in [2.24, 2.45) is 5.41 Å². The number of hydrogen-bond acceptors (Lipinski definition) is 1. The third-order valence-electron chi connectivity index (χ3n) is 2.50. The van der Waals surface area contributed by atoms with Crippen LogP contribution in [0.5, 0.6) is 0 Å². The first-order valence-corrected chi connectivity index (χ1v) is 5.82. The van der Waals surface area contributed by atoms with Crippen LogP contribution in [-0.2, 0) is 0 Å². The molecule has 0 aliphatic heterocycles. The molecule has 0 amide bonds. The Kier molecular flexibility index (Phi) is 6.58. The molecule has 0 aromatic heterocycles. The fourth-order valence-electron chi connectivity index (χ4n) is 1.32. The summed E-state index contributed by atoms with van der Waals surface area (Å²) in [6.45, 7) is 10.6. The molecule has 0 bridgehead atoms. The van der Waals surface area contributed by atoms with E-state index in [9.17, 15) is 5.11 Å². The molecule has 0 radical (unpaired) electrons. The van der Waals surface area contributed by atoms with Gasteiger partial charge in [0.15, 0.2) is 0 Å². The molecule has 0 aliphatic carbocycles. The number of aliphatic hydroxyl groups excluding tert-OH is 1. The second-order valence-electron chi connectivity index (χ2n) is 5.37. The van der Waals surface area contributed by atoms with Gasteiger partial charge in [0.2, 0.25) is 0 Å². The Hall–Kier alpha value is -0.560. The molecule has 0 rings (SSSR count). The topological polar surface area (TPSA) is 20.2 Å². The number of allylic oxidation sites excluding steroid dienone is 3. The summed E-state index contributed by atoms with van der Waals surface area (Å²) in [5.41, 5.74) is 1.40. The molecule has 1 heteroatoms. The molecule has 1 N–H and O–H groups in total. The van der Waals surface area contributed by atoms with Crippen LogP contribution in [0.25, 0.3) is 0 Å². The highest BCUT2D eigenvalue weighted by molar-refractivity contribution is 5.07. The van der Waals surface area contributed by atoms with Crippen molar-refractivity contribution in [3.05, 3.63) is 23.8 Å². The van der Waals surface area contributed by atoms with Gasteiger partial charge in [0, 0.05) is 0 Å². The molecule has 1 unspecified atom stereocenters. The summed E-state index contributed by atoms with van der Waals surface area (Å²) < 4.78 is 0. The van der Waals surface area contributed by atoms with Gasteiger partial charge in [-0.25, -0.2) is 0 Å². The lowest BCUT2D eigenvalue weighted by molar-refractivity contribution is 0.177. The zero-order chi connectivity index (χ0) is 11.9. The van der Waals surface area contributed by atoms with E-state index in [0.717, 1.165) is 24.8 Å². The third-order valence-corrected chi connectivity index (χ3v) is 2.50. The molecule has 0 fully saturated rings. The molecule has 0 heterocycles. The lowest BCUT2D eigenvalue weighted by atomic mass is 9.88. The quantitative estimate of drug-likeness (QED) is 0.678. The fraction of sp³-hybridized carbons (Fsp3) is 0.714. The van der Waals surface area contributed by atoms with Crippen molar-refractivity contribution in [3.63, 3.8) is 0 Å². The van der Waals surface area contributed by atoms with Crippen LogP contribution in [0, 0.1) is 5.41 Å². The highest BCUT2D eigenvalue weighted by Crippen LogP contribution is 2.23. The summed E-state index contributed by atoms with van der Waals surface area (Å²) in [5.74, 6) is 0. The molecule has 0 saturated heterocycles. The molecule has 0 aromatic carbocycles. The van der Waals surface area contributed by atoms with Gasteiger partial charge in [0.1, 0.15) is 0 Å². The van der Waals surface area contributed by atoms with E-state index in [1.54, 1.807) is 0 Å². The highest BCUT2D eigenvalue weighted by Gasteiger charge is 2.14. The van der Waals surface area contributed by atoms with E-state index >= 15 is 0 Å². The summed E-state index contributed by atoms with van der Waals surface area (Å²) in [7, 11) is 0. The number of aliphatic hydroxyl groups is 1. The number of hydrogen-bond donors (Lipinski definition) is 1. The van der Waals surface area contributed by atoms with Crippen LogP contribution in [0.15, 0.2) is 23.8 Å². The summed E-state index contributed by atoms with van der Waals surface area (Å²) in [4.78, 5) is 0. The van der Waals surface area contributed by atoms with E-state index in [0.29, 0.717) is 5.41 Å². The summed E-state index contributed by atoms with van der Waals surface area (Å²) in [6, 6.07) is 0. The predicted molar refractivity (Wildman–Crippen MR) is 67.9 cm³/mol. The monoisotopic (exact) mass is 210 g/mol. The van der Waals surface area contributed by atoms with Gasteiger partial charge in [-0.1, -0.05) is 39.0 Å². The van der Waals surface area contributed by atoms with Crippen molar-refractivity contribution in [2.45, 2.75) is 60.0 Å². The Morgan fingerprint density at radius 1 is 1.33 bits per heavy atom. The zero-order valence-corrected chi connectivity index (χ0v) is 10.9. The predicted octanol–water partition coefficient (Wildman–Crippen LogP) is 4.09. The van der Waals surface area contributed by atoms with E-state index in [2.05, 4.69) is 32.9 Å². The van der Waals surface area contributed by atoms with Gasteiger partial charge in [0.05, 0.1) is 6.10 Å². The first-order chi connectivity index (χ1) is 6.87. The summed E-state index contributed by atoms with van der Waals surface area (Å²) in [5, 5.41) is 9.89. The van der Waals surface area contributed by atoms with Crippen molar-refractivity contribution < 1.29 is 5.11 Å². The van der Waals surface area contributed by atoms with E-state index in [-0.39, 0.29) is 6.10 Å². The molecule has 1 nitrogen and oxygen atoms in total. The van der Waals surface area contributed by atoms with Gasteiger partial charge in [-0.15, -0.1) is 0 Å². The first kappa shape index (κ1) is 14.4. The maximum atomic E-state index is 9.89. The minimum Gasteiger partial charge on any atom is -0.389 e. The number of rotatable bonds is 5. The fourth-order valence-corrected chi connectivity index (χ4v) is 1.32. The van der Waals surface area contributed by atoms with Crippen molar-refractivity contribution in [3.8, 4) is 0 Å². The van der Waals surface area contributed by atoms with Crippen LogP contribution < -0.4 is 0 Å². The smallest absolute Gasteiger partial charge is 0.0747 e. The standard InChI is InChI=1S/C14H26O/c1-6-7-8-9-12(2)13(15)10-11-14(3,4)5/h6-7,9,13,15H,8,10-11H2,1-5H3/b7-6+,12-9+. The Balaban J connectivity index is 3.98. The van der Waals surface area contributed by atoms with Gasteiger partial charge in [-0.3, -0.25) is 0 Å². The van der Waals surface area contributed by atoms with E-state index in [1.165, 1.54) is 0 Å². The Morgan fingerprint density at radius 3 is 2.40 bits per heavy atom. The zero-order valence-electron chi connectivity index (χ0n) is 10.9. The lowest BCUT2D eigenvalue weighted by Crippen LogP contribution is -2.13. The summed E-state index contributed by atoms with van der Waals surface area (Å²) >= 11 is 0. The average molecular weight is 210 g/mol. The van der Waals surface area contributed by atoms with Gasteiger partial charge in [-0.2, -0.15) is 0 Å². The largest absolute Gasteiger partial charge is 0.389 e. The molecule has 0 aliphatic rings. The van der Waals surface area contributed by atoms with E-state index in [1.807, 2.05) is 19.9 Å². The van der Waals surface area contributed by atoms with Crippen LogP contribution in [0.3, 0.4) is 0 Å². The minimum absolute atomic E-state index is 0.269. The van der Waals surface area contributed by atoms with Crippen LogP contribution in [0.1, 0.15) is 53.9 Å². The molecule has 0 aromatic rings. The van der Waals surface area contributed by atoms with E-state index < -0.39 is 0 Å². The first-order valence-electron chi connectivity index (χ1n) is 5.82. The van der Waals surface area contributed by atoms with Crippen molar-refractivity contribution in [2.75, 3.05) is 0 Å². The maximum absolute atomic E-state index is 9.89. The molecule has 0 spiro atoms. The Bertz CT molecular complexity index is 218. The average Bonchev–Trinajstić information content (AvgIpc) is 2.13. The second-order valence-corrected chi connectivity index (χ2v) is 5.37. The van der Waals surface area contributed by atoms with Crippen molar-refractivity contribution in [1.29, 1.82) is 0 Å². The van der Waals surface area contributed by atoms with Crippen LogP contribution >= 0.6 is 0 Å². The molecule has 0 saturated carbocycles. The van der Waals surface area contributed by atoms with Crippen molar-refractivity contribution >= 4 is 0 Å². The summed E-state index contributed by atoms with van der Waals surface area (Å²) in [6.07, 6.45) is 8.81. The van der Waals surface area contributed by atoms with Crippen molar-refractivity contribution in [1.82, 2.24) is 0 Å². The Labute approximate surface area is 94.9 Å². The lowest BCUT2D eigenvalue weighted by Gasteiger charge is -2.20. The SMILES string of the molecule is C/C=C/C/C=C(\C)C(O)CCC(C)(C)C. The molecule has 88 valence electrons. The van der Waals surface area contributed by atoms with Gasteiger partial charge >= 0.3 is 0 Å². The van der Waals surface area contributed by atoms with Crippen LogP contribution in [0.2, 0.25) is 0 Å².